The number of likely N-dealkylation sites (N-methyl/N-ethyl adjacent to an activating group) is 1. The van der Waals surface area contributed by atoms with Crippen molar-refractivity contribution < 1.29 is 44.7 Å². The molecule has 0 atom stereocenters. The van der Waals surface area contributed by atoms with E-state index in [1.165, 1.54) is 9.58 Å². The fourth-order valence-corrected chi connectivity index (χ4v) is 6.60. The number of nitrogens with one attached hydrogen (secondary N) is 2. The predicted molar refractivity (Wildman–Crippen MR) is 182 cm³/mol. The van der Waals surface area contributed by atoms with E-state index in [4.69, 9.17) is 5.10 Å². The third kappa shape index (κ3) is 7.93. The summed E-state index contributed by atoms with van der Waals surface area (Å²) >= 11 is 0. The van der Waals surface area contributed by atoms with E-state index in [0.29, 0.717) is 35.9 Å². The molecule has 0 fully saturated rings. The normalized spacial score (nSPS) is 14.5. The van der Waals surface area contributed by atoms with Gasteiger partial charge in [-0.3, -0.25) is 15.0 Å². The second-order valence-corrected chi connectivity index (χ2v) is 13.6. The third-order valence-electron chi connectivity index (χ3n) is 9.26. The molecule has 3 aromatic carbocycles. The number of aryl methyl sites for hydroxylation is 2. The van der Waals surface area contributed by atoms with Gasteiger partial charge < -0.3 is 10.2 Å². The van der Waals surface area contributed by atoms with E-state index in [9.17, 15) is 35.9 Å². The van der Waals surface area contributed by atoms with Gasteiger partial charge in [0.1, 0.15) is 11.6 Å². The zero-order valence-electron chi connectivity index (χ0n) is 29.8. The molecule has 5 rings (SSSR count). The van der Waals surface area contributed by atoms with Crippen molar-refractivity contribution in [2.75, 3.05) is 26.0 Å². The standard InChI is InChI=1S/C37H38F8N6O2/c1-7-20-10-9-11-21(8-2)31(20)51-32(24-15-28(39)29(16-27(24)38)46-34(53)47-30(52)19-49(5)6)25-18-50(35(3,4)33(25)48-51)17-22-12-13-23(36(40,41)42)14-26(22)37(43,44)45/h9-16H,7-8,17-19H2,1-6H3,(H2,46,47,52,53). The lowest BCUT2D eigenvalue weighted by atomic mass is 9.97. The van der Waals surface area contributed by atoms with Crippen LogP contribution in [0.5, 0.6) is 0 Å². The van der Waals surface area contributed by atoms with Crippen molar-refractivity contribution in [3.05, 3.63) is 99.2 Å². The van der Waals surface area contributed by atoms with Crippen molar-refractivity contribution in [3.8, 4) is 16.9 Å². The first-order valence-corrected chi connectivity index (χ1v) is 16.7. The second-order valence-electron chi connectivity index (χ2n) is 13.6. The van der Waals surface area contributed by atoms with Crippen molar-refractivity contribution in [1.82, 2.24) is 24.9 Å². The molecule has 4 aromatic rings. The van der Waals surface area contributed by atoms with Gasteiger partial charge in [-0.2, -0.15) is 31.4 Å². The summed E-state index contributed by atoms with van der Waals surface area (Å²) in [6.07, 6.45) is -9.01. The number of hydrogen-bond donors (Lipinski definition) is 2. The number of alkyl halides is 6. The van der Waals surface area contributed by atoms with Gasteiger partial charge in [-0.25, -0.2) is 18.3 Å². The zero-order valence-corrected chi connectivity index (χ0v) is 29.8. The molecular formula is C37H38F8N6O2. The van der Waals surface area contributed by atoms with Gasteiger partial charge in [-0.15, -0.1) is 0 Å². The van der Waals surface area contributed by atoms with Gasteiger partial charge in [0.05, 0.1) is 46.0 Å². The molecule has 284 valence electrons. The fourth-order valence-electron chi connectivity index (χ4n) is 6.60. The second kappa shape index (κ2) is 14.5. The molecule has 3 amide bonds. The van der Waals surface area contributed by atoms with Crippen LogP contribution in [0.15, 0.2) is 48.5 Å². The average molecular weight is 751 g/mol. The van der Waals surface area contributed by atoms with Crippen LogP contribution >= 0.6 is 0 Å². The quantitative estimate of drug-likeness (QED) is 0.168. The summed E-state index contributed by atoms with van der Waals surface area (Å²) in [5, 5.41) is 9.08. The van der Waals surface area contributed by atoms with Gasteiger partial charge in [0, 0.05) is 30.3 Å². The summed E-state index contributed by atoms with van der Waals surface area (Å²) in [7, 11) is 3.20. The molecular weight excluding hydrogens is 712 g/mol. The number of halogens is 8. The Hall–Kier alpha value is -4.83. The maximum atomic E-state index is 16.3. The first-order valence-electron chi connectivity index (χ1n) is 16.7. The Morgan fingerprint density at radius 3 is 2.09 bits per heavy atom. The lowest BCUT2D eigenvalue weighted by molar-refractivity contribution is -0.143. The number of urea groups is 1. The molecule has 2 heterocycles. The summed E-state index contributed by atoms with van der Waals surface area (Å²) in [5.41, 5.74) is -2.13. The van der Waals surface area contributed by atoms with Crippen LogP contribution in [-0.2, 0) is 48.6 Å². The number of hydrogen-bond acceptors (Lipinski definition) is 5. The third-order valence-corrected chi connectivity index (χ3v) is 9.26. The SMILES string of the molecule is CCc1cccc(CC)c1-n1nc2c(c1-c1cc(F)c(NC(=O)NC(=O)CN(C)C)cc1F)CN(Cc1ccc(C(F)(F)F)cc1C(F)(F)F)C2(C)C. The molecule has 0 bridgehead atoms. The highest BCUT2D eigenvalue weighted by Gasteiger charge is 2.45. The Labute approximate surface area is 300 Å². The molecule has 1 aromatic heterocycles. The van der Waals surface area contributed by atoms with Crippen molar-refractivity contribution in [1.29, 1.82) is 0 Å². The molecule has 0 saturated heterocycles. The zero-order chi connectivity index (χ0) is 39.2. The minimum Gasteiger partial charge on any atom is -0.305 e. The molecule has 0 aliphatic carbocycles. The van der Waals surface area contributed by atoms with Crippen LogP contribution in [0, 0.1) is 11.6 Å². The van der Waals surface area contributed by atoms with Gasteiger partial charge in [-0.1, -0.05) is 38.1 Å². The smallest absolute Gasteiger partial charge is 0.305 e. The highest BCUT2D eigenvalue weighted by atomic mass is 19.4. The largest absolute Gasteiger partial charge is 0.416 e. The highest BCUT2D eigenvalue weighted by molar-refractivity contribution is 6.02. The Kier molecular flexibility index (Phi) is 10.8. The van der Waals surface area contributed by atoms with Crippen LogP contribution in [0.25, 0.3) is 16.9 Å². The number of fused-ring (bicyclic) bond motifs is 1. The number of carbonyl (C=O) groups is 2. The van der Waals surface area contributed by atoms with E-state index in [-0.39, 0.29) is 30.4 Å². The first kappa shape index (κ1) is 39.4. The molecule has 2 N–H and O–H groups in total. The molecule has 1 aliphatic rings. The maximum Gasteiger partial charge on any atom is 0.416 e. The summed E-state index contributed by atoms with van der Waals surface area (Å²) < 4.78 is 116. The highest BCUT2D eigenvalue weighted by Crippen LogP contribution is 2.47. The molecule has 16 heteroatoms. The lowest BCUT2D eigenvalue weighted by Gasteiger charge is -2.33. The van der Waals surface area contributed by atoms with Crippen LogP contribution in [0.3, 0.4) is 0 Å². The van der Waals surface area contributed by atoms with Crippen LogP contribution in [-0.4, -0.2) is 52.2 Å². The van der Waals surface area contributed by atoms with E-state index < -0.39 is 70.4 Å². The minimum atomic E-state index is -5.09. The number of aromatic nitrogens is 2. The van der Waals surface area contributed by atoms with Crippen molar-refractivity contribution in [3.63, 3.8) is 0 Å². The van der Waals surface area contributed by atoms with Crippen molar-refractivity contribution in [2.45, 2.75) is 71.5 Å². The van der Waals surface area contributed by atoms with Crippen LogP contribution in [0.4, 0.5) is 45.6 Å². The lowest BCUT2D eigenvalue weighted by Crippen LogP contribution is -2.39. The summed E-state index contributed by atoms with van der Waals surface area (Å²) in [4.78, 5) is 27.5. The molecule has 0 unspecified atom stereocenters. The number of benzene rings is 3. The Bertz CT molecular complexity index is 2030. The van der Waals surface area contributed by atoms with Gasteiger partial charge in [0.25, 0.3) is 0 Å². The predicted octanol–water partition coefficient (Wildman–Crippen LogP) is 8.44. The van der Waals surface area contributed by atoms with Gasteiger partial charge in [0.15, 0.2) is 0 Å². The van der Waals surface area contributed by atoms with E-state index in [1.807, 2.05) is 37.4 Å². The monoisotopic (exact) mass is 750 g/mol. The van der Waals surface area contributed by atoms with Crippen LogP contribution in [0.2, 0.25) is 0 Å². The summed E-state index contributed by atoms with van der Waals surface area (Å²) in [6, 6.07) is 7.62. The number of para-hydroxylation sites is 1. The minimum absolute atomic E-state index is 0.0866. The summed E-state index contributed by atoms with van der Waals surface area (Å²) in [6.45, 7) is 6.50. The van der Waals surface area contributed by atoms with Gasteiger partial charge in [-0.05, 0) is 75.7 Å². The van der Waals surface area contributed by atoms with E-state index in [0.717, 1.165) is 29.3 Å². The van der Waals surface area contributed by atoms with E-state index in [2.05, 4.69) is 5.32 Å². The Morgan fingerprint density at radius 2 is 1.53 bits per heavy atom. The Balaban J connectivity index is 1.64. The number of rotatable bonds is 9. The summed E-state index contributed by atoms with van der Waals surface area (Å²) in [5.74, 6) is -2.71. The van der Waals surface area contributed by atoms with E-state index >= 15 is 8.78 Å². The Morgan fingerprint density at radius 1 is 0.887 bits per heavy atom. The molecule has 0 spiro atoms. The van der Waals surface area contributed by atoms with Gasteiger partial charge >= 0.3 is 18.4 Å². The number of imide groups is 1. The molecule has 0 saturated carbocycles. The molecule has 1 aliphatic heterocycles. The van der Waals surface area contributed by atoms with Crippen molar-refractivity contribution >= 4 is 17.6 Å². The van der Waals surface area contributed by atoms with Crippen LogP contribution in [0.1, 0.15) is 66.8 Å². The number of amides is 3. The molecule has 0 radical (unpaired) electrons. The average Bonchev–Trinajstić information content (AvgIpc) is 3.53. The van der Waals surface area contributed by atoms with Crippen LogP contribution < -0.4 is 10.6 Å². The molecule has 53 heavy (non-hydrogen) atoms. The van der Waals surface area contributed by atoms with E-state index in [1.54, 1.807) is 32.8 Å². The van der Waals surface area contributed by atoms with Gasteiger partial charge in [0.2, 0.25) is 5.91 Å². The fraction of sp³-hybridized carbons (Fsp3) is 0.378. The number of anilines is 1. The maximum absolute atomic E-state index is 16.3. The number of carbonyl (C=O) groups excluding carboxylic acids is 2. The topological polar surface area (TPSA) is 82.5 Å². The number of nitrogens with zero attached hydrogens (tertiary/aromatic N) is 4. The van der Waals surface area contributed by atoms with Crippen molar-refractivity contribution in [2.24, 2.45) is 0 Å². The molecule has 8 nitrogen and oxygen atoms in total. The first-order chi connectivity index (χ1) is 24.7.